The Kier molecular flexibility index (Phi) is 2.99. The molecule has 0 radical (unpaired) electrons. The maximum atomic E-state index is 12.4. The van der Waals surface area contributed by atoms with Gasteiger partial charge < -0.3 is 0 Å². The second kappa shape index (κ2) is 4.69. The summed E-state index contributed by atoms with van der Waals surface area (Å²) in [4.78, 5) is 35.7. The van der Waals surface area contributed by atoms with E-state index < -0.39 is 5.24 Å². The van der Waals surface area contributed by atoms with Crippen LogP contribution in [-0.2, 0) is 11.2 Å². The lowest BCUT2D eigenvalue weighted by molar-refractivity contribution is -0.111. The van der Waals surface area contributed by atoms with Crippen molar-refractivity contribution in [2.75, 3.05) is 0 Å². The first-order valence-electron chi connectivity index (χ1n) is 6.07. The first kappa shape index (κ1) is 12.8. The van der Waals surface area contributed by atoms with Gasteiger partial charge in [-0.1, -0.05) is 36.4 Å². The normalized spacial score (nSPS) is 12.8. The third-order valence-electron chi connectivity index (χ3n) is 3.33. The molecule has 0 saturated heterocycles. The van der Waals surface area contributed by atoms with E-state index in [2.05, 4.69) is 0 Å². The van der Waals surface area contributed by atoms with E-state index in [4.69, 9.17) is 11.6 Å². The van der Waals surface area contributed by atoms with Crippen molar-refractivity contribution >= 4 is 28.4 Å². The molecule has 98 valence electrons. The Morgan fingerprint density at radius 1 is 0.850 bits per heavy atom. The first-order chi connectivity index (χ1) is 9.58. The fraction of sp³-hybridized carbons (Fsp3) is 0.0625. The highest BCUT2D eigenvalue weighted by Gasteiger charge is 2.29. The van der Waals surface area contributed by atoms with Gasteiger partial charge in [0.15, 0.2) is 11.6 Å². The van der Waals surface area contributed by atoms with Crippen LogP contribution >= 0.6 is 11.6 Å². The Hall–Kier alpha value is -2.26. The number of carbonyl (C=O) groups excluding carboxylic acids is 3. The van der Waals surface area contributed by atoms with Crippen molar-refractivity contribution in [3.8, 4) is 0 Å². The third-order valence-corrected chi connectivity index (χ3v) is 3.47. The van der Waals surface area contributed by atoms with Crippen molar-refractivity contribution in [2.45, 2.75) is 6.42 Å². The van der Waals surface area contributed by atoms with E-state index in [1.165, 1.54) is 0 Å². The third kappa shape index (κ3) is 1.96. The predicted octanol–water partition coefficient (Wildman–Crippen LogP) is 2.77. The molecule has 1 aliphatic rings. The van der Waals surface area contributed by atoms with Crippen molar-refractivity contribution in [1.82, 2.24) is 0 Å². The van der Waals surface area contributed by atoms with Gasteiger partial charge in [0.2, 0.25) is 5.24 Å². The van der Waals surface area contributed by atoms with Gasteiger partial charge in [0.05, 0.1) is 0 Å². The summed E-state index contributed by atoms with van der Waals surface area (Å²) in [5.74, 6) is -0.363. The average molecular weight is 285 g/mol. The molecular weight excluding hydrogens is 276 g/mol. The van der Waals surface area contributed by atoms with Crippen molar-refractivity contribution in [2.24, 2.45) is 0 Å². The summed E-state index contributed by atoms with van der Waals surface area (Å²) in [5.41, 5.74) is 2.17. The molecule has 3 rings (SSSR count). The molecule has 0 atom stereocenters. The lowest BCUT2D eigenvalue weighted by Gasteiger charge is -2.17. The number of fused-ring (bicyclic) bond motifs is 2. The fourth-order valence-electron chi connectivity index (χ4n) is 2.42. The minimum atomic E-state index is -0.500. The second-order valence-electron chi connectivity index (χ2n) is 4.62. The maximum absolute atomic E-state index is 12.4. The molecule has 0 bridgehead atoms. The molecule has 20 heavy (non-hydrogen) atoms. The highest BCUT2D eigenvalue weighted by molar-refractivity contribution is 6.63. The number of hydrogen-bond donors (Lipinski definition) is 0. The predicted molar refractivity (Wildman–Crippen MR) is 74.3 cm³/mol. The average Bonchev–Trinajstić information content (AvgIpc) is 2.44. The highest BCUT2D eigenvalue weighted by atomic mass is 35.5. The van der Waals surface area contributed by atoms with Crippen LogP contribution in [0.3, 0.4) is 0 Å². The van der Waals surface area contributed by atoms with Gasteiger partial charge >= 0.3 is 0 Å². The monoisotopic (exact) mass is 284 g/mol. The van der Waals surface area contributed by atoms with E-state index in [0.29, 0.717) is 27.8 Å². The van der Waals surface area contributed by atoms with Gasteiger partial charge in [-0.25, -0.2) is 0 Å². The van der Waals surface area contributed by atoms with Crippen LogP contribution in [0.5, 0.6) is 0 Å². The van der Waals surface area contributed by atoms with Crippen LogP contribution in [0, 0.1) is 0 Å². The van der Waals surface area contributed by atoms with Gasteiger partial charge in [-0.05, 0) is 23.2 Å². The largest absolute Gasteiger partial charge is 0.289 e. The molecule has 0 spiro atoms. The summed E-state index contributed by atoms with van der Waals surface area (Å²) >= 11 is 5.35. The zero-order valence-corrected chi connectivity index (χ0v) is 11.1. The van der Waals surface area contributed by atoms with Crippen molar-refractivity contribution in [1.29, 1.82) is 0 Å². The van der Waals surface area contributed by atoms with E-state index in [9.17, 15) is 14.4 Å². The zero-order chi connectivity index (χ0) is 14.3. The van der Waals surface area contributed by atoms with Crippen LogP contribution in [0.25, 0.3) is 0 Å². The topological polar surface area (TPSA) is 51.2 Å². The molecule has 0 aromatic heterocycles. The molecular formula is C16H9ClO3. The Morgan fingerprint density at radius 2 is 1.40 bits per heavy atom. The number of benzene rings is 2. The van der Waals surface area contributed by atoms with Gasteiger partial charge in [0.25, 0.3) is 0 Å². The maximum Gasteiger partial charge on any atom is 0.226 e. The molecule has 2 aromatic rings. The van der Waals surface area contributed by atoms with Crippen LogP contribution in [0.1, 0.15) is 37.4 Å². The smallest absolute Gasteiger partial charge is 0.226 e. The number of rotatable bonds is 2. The summed E-state index contributed by atoms with van der Waals surface area (Å²) in [6.07, 6.45) is 0.0396. The Balaban J connectivity index is 2.16. The molecule has 0 fully saturated rings. The number of carbonyl (C=O) groups is 3. The lowest BCUT2D eigenvalue weighted by Crippen LogP contribution is -2.21. The number of halogens is 1. The van der Waals surface area contributed by atoms with E-state index in [1.54, 1.807) is 42.5 Å². The molecule has 2 aromatic carbocycles. The Morgan fingerprint density at radius 3 is 2.00 bits per heavy atom. The SMILES string of the molecule is O=C(Cl)Cc1ccc2c(c1)C(=O)c1ccccc1C2=O. The standard InChI is InChI=1S/C16H9ClO3/c17-14(18)8-9-5-6-12-13(7-9)16(20)11-4-2-1-3-10(11)15(12)19/h1-7H,8H2. The van der Waals surface area contributed by atoms with E-state index in [-0.39, 0.29) is 18.0 Å². The molecule has 0 aliphatic heterocycles. The molecule has 0 unspecified atom stereocenters. The summed E-state index contributed by atoms with van der Waals surface area (Å²) < 4.78 is 0. The van der Waals surface area contributed by atoms with E-state index >= 15 is 0 Å². The van der Waals surface area contributed by atoms with Gasteiger partial charge in [0.1, 0.15) is 0 Å². The van der Waals surface area contributed by atoms with Crippen molar-refractivity contribution in [3.05, 3.63) is 70.3 Å². The van der Waals surface area contributed by atoms with Crippen LogP contribution in [0.2, 0.25) is 0 Å². The Labute approximate surface area is 120 Å². The number of hydrogen-bond acceptors (Lipinski definition) is 3. The minimum absolute atomic E-state index is 0.0396. The van der Waals surface area contributed by atoms with Crippen molar-refractivity contribution < 1.29 is 14.4 Å². The lowest BCUT2D eigenvalue weighted by atomic mass is 9.83. The highest BCUT2D eigenvalue weighted by Crippen LogP contribution is 2.28. The van der Waals surface area contributed by atoms with Crippen LogP contribution in [-0.4, -0.2) is 16.8 Å². The van der Waals surface area contributed by atoms with Gasteiger partial charge in [-0.2, -0.15) is 0 Å². The molecule has 1 aliphatic carbocycles. The van der Waals surface area contributed by atoms with Crippen LogP contribution < -0.4 is 0 Å². The molecule has 0 saturated carbocycles. The molecule has 4 heteroatoms. The minimum Gasteiger partial charge on any atom is -0.289 e. The summed E-state index contributed by atoms with van der Waals surface area (Å²) in [6.45, 7) is 0. The second-order valence-corrected chi connectivity index (χ2v) is 5.04. The van der Waals surface area contributed by atoms with Crippen LogP contribution in [0.15, 0.2) is 42.5 Å². The summed E-state index contributed by atoms with van der Waals surface area (Å²) in [7, 11) is 0. The van der Waals surface area contributed by atoms with Crippen molar-refractivity contribution in [3.63, 3.8) is 0 Å². The summed E-state index contributed by atoms with van der Waals surface area (Å²) in [6, 6.07) is 11.5. The zero-order valence-electron chi connectivity index (χ0n) is 10.4. The van der Waals surface area contributed by atoms with E-state index in [1.807, 2.05) is 0 Å². The van der Waals surface area contributed by atoms with Gasteiger partial charge in [-0.3, -0.25) is 14.4 Å². The Bertz CT molecular complexity index is 762. The summed E-state index contributed by atoms with van der Waals surface area (Å²) in [5, 5.41) is -0.500. The van der Waals surface area contributed by atoms with Crippen LogP contribution in [0.4, 0.5) is 0 Å². The molecule has 0 heterocycles. The van der Waals surface area contributed by atoms with E-state index in [0.717, 1.165) is 0 Å². The quantitative estimate of drug-likeness (QED) is 0.680. The molecule has 3 nitrogen and oxygen atoms in total. The number of ketones is 2. The van der Waals surface area contributed by atoms with Gasteiger partial charge in [-0.15, -0.1) is 0 Å². The molecule has 0 N–H and O–H groups in total. The first-order valence-corrected chi connectivity index (χ1v) is 6.45. The van der Waals surface area contributed by atoms with Gasteiger partial charge in [0, 0.05) is 28.7 Å². The molecule has 0 amide bonds. The fourth-order valence-corrected chi connectivity index (χ4v) is 2.57.